The number of amides is 1. The van der Waals surface area contributed by atoms with Gasteiger partial charge >= 0.3 is 0 Å². The summed E-state index contributed by atoms with van der Waals surface area (Å²) in [6.45, 7) is 4.72. The van der Waals surface area contributed by atoms with Gasteiger partial charge in [0.1, 0.15) is 5.82 Å². The summed E-state index contributed by atoms with van der Waals surface area (Å²) in [5.74, 6) is -0.513. The van der Waals surface area contributed by atoms with E-state index >= 15 is 0 Å². The lowest BCUT2D eigenvalue weighted by Crippen LogP contribution is -2.34. The number of unbranched alkanes of at least 4 members (excludes halogenated alkanes) is 2. The molecule has 2 aromatic rings. The molecule has 1 aromatic carbocycles. The molecule has 0 atom stereocenters. The summed E-state index contributed by atoms with van der Waals surface area (Å²) < 4.78 is 13.4. The smallest absolute Gasteiger partial charge is 0.254 e. The molecule has 0 saturated heterocycles. The quantitative estimate of drug-likeness (QED) is 0.797. The summed E-state index contributed by atoms with van der Waals surface area (Å²) in [5, 5.41) is 9.88. The van der Waals surface area contributed by atoms with Gasteiger partial charge in [-0.1, -0.05) is 19.8 Å². The average molecular weight is 318 g/mol. The van der Waals surface area contributed by atoms with Crippen LogP contribution in [0.2, 0.25) is 0 Å². The van der Waals surface area contributed by atoms with Crippen molar-refractivity contribution in [2.45, 2.75) is 33.1 Å². The summed E-state index contributed by atoms with van der Waals surface area (Å²) >= 11 is 0. The first-order valence-electron chi connectivity index (χ1n) is 8.04. The third-order valence-corrected chi connectivity index (χ3v) is 3.82. The van der Waals surface area contributed by atoms with Gasteiger partial charge in [0.15, 0.2) is 0 Å². The lowest BCUT2D eigenvalue weighted by Gasteiger charge is -2.22. The molecule has 0 radical (unpaired) electrons. The first-order chi connectivity index (χ1) is 11.1. The molecule has 2 rings (SSSR count). The highest BCUT2D eigenvalue weighted by atomic mass is 19.1. The van der Waals surface area contributed by atoms with Gasteiger partial charge in [-0.25, -0.2) is 4.39 Å². The van der Waals surface area contributed by atoms with Gasteiger partial charge in [0.2, 0.25) is 0 Å². The van der Waals surface area contributed by atoms with Crippen LogP contribution in [0.1, 0.15) is 42.2 Å². The second-order valence-electron chi connectivity index (χ2n) is 5.70. The highest BCUT2D eigenvalue weighted by Crippen LogP contribution is 2.21. The van der Waals surface area contributed by atoms with Crippen molar-refractivity contribution >= 4 is 16.8 Å². The molecule has 124 valence electrons. The number of aromatic nitrogens is 1. The first kappa shape index (κ1) is 17.3. The molecule has 0 bridgehead atoms. The van der Waals surface area contributed by atoms with E-state index in [4.69, 9.17) is 0 Å². The number of fused-ring (bicyclic) bond motifs is 1. The highest BCUT2D eigenvalue weighted by Gasteiger charge is 2.18. The van der Waals surface area contributed by atoms with Gasteiger partial charge in [-0.3, -0.25) is 9.78 Å². The van der Waals surface area contributed by atoms with Crippen molar-refractivity contribution in [3.63, 3.8) is 0 Å². The molecule has 0 aliphatic rings. The maximum atomic E-state index is 13.4. The SMILES string of the molecule is CCCCCN(CCO)C(=O)c1cc(C)nc2cc(F)ccc12. The van der Waals surface area contributed by atoms with Gasteiger partial charge in [0.05, 0.1) is 17.7 Å². The minimum atomic E-state index is -0.371. The van der Waals surface area contributed by atoms with E-state index in [0.717, 1.165) is 19.3 Å². The number of carbonyl (C=O) groups excluding carboxylic acids is 1. The van der Waals surface area contributed by atoms with Gasteiger partial charge in [-0.2, -0.15) is 0 Å². The van der Waals surface area contributed by atoms with Crippen LogP contribution in [-0.4, -0.2) is 40.6 Å². The molecule has 0 aliphatic carbocycles. The number of rotatable bonds is 7. The maximum Gasteiger partial charge on any atom is 0.254 e. The number of benzene rings is 1. The van der Waals surface area contributed by atoms with Crippen LogP contribution in [0.5, 0.6) is 0 Å². The highest BCUT2D eigenvalue weighted by molar-refractivity contribution is 6.06. The fourth-order valence-electron chi connectivity index (χ4n) is 2.67. The van der Waals surface area contributed by atoms with Crippen molar-refractivity contribution in [2.75, 3.05) is 19.7 Å². The molecule has 5 heteroatoms. The Bertz CT molecular complexity index is 683. The van der Waals surface area contributed by atoms with Gasteiger partial charge in [0, 0.05) is 30.2 Å². The lowest BCUT2D eigenvalue weighted by molar-refractivity contribution is 0.0720. The number of aliphatic hydroxyl groups excluding tert-OH is 1. The predicted molar refractivity (Wildman–Crippen MR) is 89.0 cm³/mol. The Balaban J connectivity index is 2.37. The number of hydrogen-bond donors (Lipinski definition) is 1. The number of aliphatic hydroxyl groups is 1. The summed E-state index contributed by atoms with van der Waals surface area (Å²) in [5.41, 5.74) is 1.66. The maximum absolute atomic E-state index is 13.4. The van der Waals surface area contributed by atoms with Crippen LogP contribution >= 0.6 is 0 Å². The Morgan fingerprint density at radius 2 is 2.04 bits per heavy atom. The minimum absolute atomic E-state index is 0.0749. The third-order valence-electron chi connectivity index (χ3n) is 3.82. The van der Waals surface area contributed by atoms with E-state index in [2.05, 4.69) is 11.9 Å². The summed E-state index contributed by atoms with van der Waals surface area (Å²) in [6.07, 6.45) is 3.01. The van der Waals surface area contributed by atoms with Crippen molar-refractivity contribution in [3.8, 4) is 0 Å². The number of halogens is 1. The monoisotopic (exact) mass is 318 g/mol. The second kappa shape index (κ2) is 8.02. The molecule has 0 unspecified atom stereocenters. The molecule has 0 spiro atoms. The summed E-state index contributed by atoms with van der Waals surface area (Å²) in [7, 11) is 0. The average Bonchev–Trinajstić information content (AvgIpc) is 2.52. The predicted octanol–water partition coefficient (Wildman–Crippen LogP) is 3.31. The Hall–Kier alpha value is -2.01. The number of aryl methyl sites for hydroxylation is 1. The van der Waals surface area contributed by atoms with Gasteiger partial charge in [-0.05, 0) is 31.5 Å². The van der Waals surface area contributed by atoms with Crippen LogP contribution in [0.3, 0.4) is 0 Å². The van der Waals surface area contributed by atoms with E-state index in [1.807, 2.05) is 0 Å². The Morgan fingerprint density at radius 1 is 1.26 bits per heavy atom. The molecule has 0 fully saturated rings. The Labute approximate surface area is 135 Å². The minimum Gasteiger partial charge on any atom is -0.395 e. The largest absolute Gasteiger partial charge is 0.395 e. The van der Waals surface area contributed by atoms with Crippen molar-refractivity contribution in [1.82, 2.24) is 9.88 Å². The molecule has 1 N–H and O–H groups in total. The van der Waals surface area contributed by atoms with Crippen LogP contribution in [-0.2, 0) is 0 Å². The van der Waals surface area contributed by atoms with Gasteiger partial charge in [-0.15, -0.1) is 0 Å². The van der Waals surface area contributed by atoms with Crippen molar-refractivity contribution in [1.29, 1.82) is 0 Å². The van der Waals surface area contributed by atoms with E-state index in [1.54, 1.807) is 24.0 Å². The fourth-order valence-corrected chi connectivity index (χ4v) is 2.67. The zero-order chi connectivity index (χ0) is 16.8. The Morgan fingerprint density at radius 3 is 2.74 bits per heavy atom. The van der Waals surface area contributed by atoms with Crippen LogP contribution in [0.4, 0.5) is 4.39 Å². The first-order valence-corrected chi connectivity index (χ1v) is 8.04. The van der Waals surface area contributed by atoms with Crippen molar-refractivity contribution in [3.05, 3.63) is 41.3 Å². The normalized spacial score (nSPS) is 11.0. The van der Waals surface area contributed by atoms with E-state index < -0.39 is 0 Å². The molecule has 0 saturated carbocycles. The standard InChI is InChI=1S/C18H23FN2O2/c1-3-4-5-8-21(9-10-22)18(23)16-11-13(2)20-17-12-14(19)6-7-15(16)17/h6-7,11-12,22H,3-5,8-10H2,1-2H3. The molecule has 1 aromatic heterocycles. The topological polar surface area (TPSA) is 53.4 Å². The van der Waals surface area contributed by atoms with Crippen molar-refractivity contribution < 1.29 is 14.3 Å². The van der Waals surface area contributed by atoms with Crippen LogP contribution in [0.25, 0.3) is 10.9 Å². The van der Waals surface area contributed by atoms with E-state index in [9.17, 15) is 14.3 Å². The van der Waals surface area contributed by atoms with E-state index in [-0.39, 0.29) is 18.3 Å². The number of pyridine rings is 1. The summed E-state index contributed by atoms with van der Waals surface area (Å²) in [4.78, 5) is 18.8. The molecule has 1 amide bonds. The number of hydrogen-bond acceptors (Lipinski definition) is 3. The zero-order valence-electron chi connectivity index (χ0n) is 13.7. The molecule has 1 heterocycles. The summed E-state index contributed by atoms with van der Waals surface area (Å²) in [6, 6.07) is 6.00. The van der Waals surface area contributed by atoms with Crippen LogP contribution in [0, 0.1) is 12.7 Å². The van der Waals surface area contributed by atoms with Crippen LogP contribution in [0.15, 0.2) is 24.3 Å². The van der Waals surface area contributed by atoms with Crippen molar-refractivity contribution in [2.24, 2.45) is 0 Å². The molecular formula is C18H23FN2O2. The van der Waals surface area contributed by atoms with E-state index in [0.29, 0.717) is 35.2 Å². The van der Waals surface area contributed by atoms with Crippen LogP contribution < -0.4 is 0 Å². The molecule has 23 heavy (non-hydrogen) atoms. The number of nitrogens with zero attached hydrogens (tertiary/aromatic N) is 2. The second-order valence-corrected chi connectivity index (χ2v) is 5.70. The zero-order valence-corrected chi connectivity index (χ0v) is 13.7. The number of carbonyl (C=O) groups is 1. The van der Waals surface area contributed by atoms with Gasteiger partial charge < -0.3 is 10.0 Å². The molecule has 4 nitrogen and oxygen atoms in total. The lowest BCUT2D eigenvalue weighted by atomic mass is 10.1. The van der Waals surface area contributed by atoms with Gasteiger partial charge in [0.25, 0.3) is 5.91 Å². The third kappa shape index (κ3) is 4.26. The Kier molecular flexibility index (Phi) is 6.04. The fraction of sp³-hybridized carbons (Fsp3) is 0.444. The molecular weight excluding hydrogens is 295 g/mol. The molecule has 0 aliphatic heterocycles. The van der Waals surface area contributed by atoms with E-state index in [1.165, 1.54) is 12.1 Å².